The molecule has 1 fully saturated rings. The van der Waals surface area contributed by atoms with E-state index < -0.39 is 0 Å². The summed E-state index contributed by atoms with van der Waals surface area (Å²) in [4.78, 5) is 13.0. The summed E-state index contributed by atoms with van der Waals surface area (Å²) in [6.07, 6.45) is 6.08. The van der Waals surface area contributed by atoms with Crippen molar-refractivity contribution >= 4 is 0 Å². The number of nitrogens with zero attached hydrogens (tertiary/aromatic N) is 2. The fourth-order valence-corrected chi connectivity index (χ4v) is 3.49. The number of hydrogen-bond acceptors (Lipinski definition) is 4. The standard InChI is InChI=1S/C26H25N3O3/c30-26-28(21-8-12-23(13-9-21)31-19-16-27-20-6-7-20)17-18-29(26)22-10-14-25(15-11-22)32-24-4-2-1-3-5-24/h1-5,8-15,17-18,20,27H,6-7,16,19H2. The van der Waals surface area contributed by atoms with Crippen LogP contribution >= 0.6 is 0 Å². The predicted octanol–water partition coefficient (Wildman–Crippen LogP) is 4.55. The molecule has 1 saturated carbocycles. The van der Waals surface area contributed by atoms with Crippen LogP contribution in [0.1, 0.15) is 12.8 Å². The largest absolute Gasteiger partial charge is 0.492 e. The third kappa shape index (κ3) is 4.76. The Labute approximate surface area is 186 Å². The Bertz CT molecular complexity index is 1210. The first-order chi connectivity index (χ1) is 15.8. The van der Waals surface area contributed by atoms with Gasteiger partial charge in [-0.1, -0.05) is 18.2 Å². The van der Waals surface area contributed by atoms with Crippen molar-refractivity contribution in [2.45, 2.75) is 18.9 Å². The molecule has 1 aliphatic rings. The van der Waals surface area contributed by atoms with Crippen molar-refractivity contribution < 1.29 is 9.47 Å². The van der Waals surface area contributed by atoms with Crippen molar-refractivity contribution in [1.29, 1.82) is 0 Å². The Balaban J connectivity index is 1.25. The van der Waals surface area contributed by atoms with Crippen LogP contribution in [0.2, 0.25) is 0 Å². The van der Waals surface area contributed by atoms with Crippen LogP contribution in [0.3, 0.4) is 0 Å². The van der Waals surface area contributed by atoms with Crippen molar-refractivity contribution in [2.75, 3.05) is 13.2 Å². The summed E-state index contributed by atoms with van der Waals surface area (Å²) < 4.78 is 14.8. The Morgan fingerprint density at radius 3 is 1.91 bits per heavy atom. The van der Waals surface area contributed by atoms with Gasteiger partial charge in [0.15, 0.2) is 0 Å². The smallest absolute Gasteiger partial charge is 0.337 e. The van der Waals surface area contributed by atoms with Crippen LogP contribution in [0.4, 0.5) is 0 Å². The number of hydrogen-bond donors (Lipinski definition) is 1. The minimum atomic E-state index is -0.135. The molecule has 0 spiro atoms. The number of ether oxygens (including phenoxy) is 2. The van der Waals surface area contributed by atoms with Gasteiger partial charge in [-0.15, -0.1) is 0 Å². The third-order valence-corrected chi connectivity index (χ3v) is 5.37. The molecule has 0 bridgehead atoms. The summed E-state index contributed by atoms with van der Waals surface area (Å²) in [5, 5.41) is 3.42. The Hall–Kier alpha value is -3.77. The maximum absolute atomic E-state index is 13.0. The van der Waals surface area contributed by atoms with Gasteiger partial charge in [-0.25, -0.2) is 4.79 Å². The first kappa shape index (κ1) is 20.2. The zero-order chi connectivity index (χ0) is 21.8. The second-order valence-electron chi connectivity index (χ2n) is 7.80. The van der Waals surface area contributed by atoms with Crippen molar-refractivity contribution in [3.8, 4) is 28.6 Å². The summed E-state index contributed by atoms with van der Waals surface area (Å²) in [5.74, 6) is 2.29. The highest BCUT2D eigenvalue weighted by Gasteiger charge is 2.19. The van der Waals surface area contributed by atoms with Gasteiger partial charge < -0.3 is 14.8 Å². The molecule has 0 radical (unpaired) electrons. The number of nitrogens with one attached hydrogen (secondary N) is 1. The van der Waals surface area contributed by atoms with Gasteiger partial charge >= 0.3 is 5.69 Å². The summed E-state index contributed by atoms with van der Waals surface area (Å²) in [6.45, 7) is 1.49. The van der Waals surface area contributed by atoms with Gasteiger partial charge in [0.05, 0.1) is 11.4 Å². The van der Waals surface area contributed by atoms with Crippen molar-refractivity contribution in [2.24, 2.45) is 0 Å². The van der Waals surface area contributed by atoms with E-state index in [2.05, 4.69) is 5.32 Å². The van der Waals surface area contributed by atoms with E-state index in [9.17, 15) is 4.79 Å². The Morgan fingerprint density at radius 2 is 1.31 bits per heavy atom. The molecule has 162 valence electrons. The second-order valence-corrected chi connectivity index (χ2v) is 7.80. The van der Waals surface area contributed by atoms with Crippen LogP contribution in [0.5, 0.6) is 17.2 Å². The minimum Gasteiger partial charge on any atom is -0.492 e. The average Bonchev–Trinajstić information content (AvgIpc) is 3.58. The zero-order valence-electron chi connectivity index (χ0n) is 17.7. The number of para-hydroxylation sites is 1. The molecule has 0 saturated heterocycles. The molecule has 1 N–H and O–H groups in total. The van der Waals surface area contributed by atoms with Crippen molar-refractivity contribution in [3.63, 3.8) is 0 Å². The van der Waals surface area contributed by atoms with Crippen LogP contribution < -0.4 is 20.5 Å². The van der Waals surface area contributed by atoms with Crippen LogP contribution in [0.25, 0.3) is 11.4 Å². The zero-order valence-corrected chi connectivity index (χ0v) is 17.7. The van der Waals surface area contributed by atoms with E-state index in [0.29, 0.717) is 12.6 Å². The number of imidazole rings is 1. The highest BCUT2D eigenvalue weighted by atomic mass is 16.5. The van der Waals surface area contributed by atoms with Crippen LogP contribution in [-0.2, 0) is 0 Å². The molecule has 0 unspecified atom stereocenters. The highest BCUT2D eigenvalue weighted by molar-refractivity contribution is 5.41. The van der Waals surface area contributed by atoms with Crippen LogP contribution in [0, 0.1) is 0 Å². The SMILES string of the molecule is O=c1n(-c2ccc(OCCNC3CC3)cc2)ccn1-c1ccc(Oc2ccccc2)cc1. The third-order valence-electron chi connectivity index (χ3n) is 5.37. The summed E-state index contributed by atoms with van der Waals surface area (Å²) in [6, 6.07) is 25.3. The number of benzene rings is 3. The van der Waals surface area contributed by atoms with E-state index in [1.807, 2.05) is 78.9 Å². The Morgan fingerprint density at radius 1 is 0.750 bits per heavy atom. The molecule has 6 nitrogen and oxygen atoms in total. The second kappa shape index (κ2) is 9.16. The first-order valence-corrected chi connectivity index (χ1v) is 10.9. The highest BCUT2D eigenvalue weighted by Crippen LogP contribution is 2.22. The fourth-order valence-electron chi connectivity index (χ4n) is 3.49. The number of aromatic nitrogens is 2. The van der Waals surface area contributed by atoms with E-state index in [0.717, 1.165) is 35.2 Å². The minimum absolute atomic E-state index is 0.135. The van der Waals surface area contributed by atoms with Gasteiger partial charge in [0.1, 0.15) is 23.9 Å². The molecule has 6 heteroatoms. The summed E-state index contributed by atoms with van der Waals surface area (Å²) in [7, 11) is 0. The quantitative estimate of drug-likeness (QED) is 0.398. The molecule has 0 atom stereocenters. The molecular weight excluding hydrogens is 402 g/mol. The molecule has 5 rings (SSSR count). The molecule has 1 heterocycles. The molecular formula is C26H25N3O3. The monoisotopic (exact) mass is 427 g/mol. The van der Waals surface area contributed by atoms with Crippen LogP contribution in [-0.4, -0.2) is 28.3 Å². The fraction of sp³-hybridized carbons (Fsp3) is 0.192. The topological polar surface area (TPSA) is 57.4 Å². The lowest BCUT2D eigenvalue weighted by molar-refractivity contribution is 0.313. The Kier molecular flexibility index (Phi) is 5.77. The van der Waals surface area contributed by atoms with E-state index in [1.165, 1.54) is 12.8 Å². The van der Waals surface area contributed by atoms with E-state index in [-0.39, 0.29) is 5.69 Å². The molecule has 0 aliphatic heterocycles. The lowest BCUT2D eigenvalue weighted by Gasteiger charge is -2.08. The van der Waals surface area contributed by atoms with E-state index in [4.69, 9.17) is 9.47 Å². The van der Waals surface area contributed by atoms with Crippen molar-refractivity contribution in [3.05, 3.63) is 102 Å². The lowest BCUT2D eigenvalue weighted by Crippen LogP contribution is -2.23. The van der Waals surface area contributed by atoms with Gasteiger partial charge in [0, 0.05) is 25.0 Å². The van der Waals surface area contributed by atoms with Crippen LogP contribution in [0.15, 0.2) is 96.1 Å². The predicted molar refractivity (Wildman–Crippen MR) is 124 cm³/mol. The maximum atomic E-state index is 13.0. The summed E-state index contributed by atoms with van der Waals surface area (Å²) in [5.41, 5.74) is 1.43. The van der Waals surface area contributed by atoms with E-state index in [1.54, 1.807) is 21.5 Å². The molecule has 0 amide bonds. The van der Waals surface area contributed by atoms with Gasteiger partial charge in [-0.05, 0) is 73.5 Å². The van der Waals surface area contributed by atoms with Gasteiger partial charge in [0.25, 0.3) is 0 Å². The van der Waals surface area contributed by atoms with Gasteiger partial charge in [-0.2, -0.15) is 0 Å². The molecule has 3 aromatic carbocycles. The molecule has 4 aromatic rings. The molecule has 32 heavy (non-hydrogen) atoms. The van der Waals surface area contributed by atoms with Crippen molar-refractivity contribution in [1.82, 2.24) is 14.5 Å². The average molecular weight is 428 g/mol. The summed E-state index contributed by atoms with van der Waals surface area (Å²) >= 11 is 0. The molecule has 1 aromatic heterocycles. The normalized spacial score (nSPS) is 13.1. The van der Waals surface area contributed by atoms with E-state index >= 15 is 0 Å². The van der Waals surface area contributed by atoms with Gasteiger partial charge in [0.2, 0.25) is 0 Å². The molecule has 1 aliphatic carbocycles. The number of rotatable bonds is 9. The van der Waals surface area contributed by atoms with Gasteiger partial charge in [-0.3, -0.25) is 9.13 Å². The first-order valence-electron chi connectivity index (χ1n) is 10.9. The lowest BCUT2D eigenvalue weighted by atomic mass is 10.3. The maximum Gasteiger partial charge on any atom is 0.337 e.